The van der Waals surface area contributed by atoms with Gasteiger partial charge in [0.15, 0.2) is 0 Å². The maximum atomic E-state index is 12.6. The van der Waals surface area contributed by atoms with Gasteiger partial charge in [0.1, 0.15) is 10.8 Å². The average Bonchev–Trinajstić information content (AvgIpc) is 3.17. The van der Waals surface area contributed by atoms with E-state index in [-0.39, 0.29) is 17.7 Å². The minimum Gasteiger partial charge on any atom is -0.338 e. The van der Waals surface area contributed by atoms with Gasteiger partial charge in [0.2, 0.25) is 11.8 Å². The first-order valence-electron chi connectivity index (χ1n) is 9.33. The van der Waals surface area contributed by atoms with Crippen LogP contribution < -0.4 is 5.32 Å². The van der Waals surface area contributed by atoms with E-state index in [0.717, 1.165) is 28.1 Å². The molecule has 148 valence electrons. The Labute approximate surface area is 177 Å². The third kappa shape index (κ3) is 4.81. The van der Waals surface area contributed by atoms with Crippen LogP contribution in [0.3, 0.4) is 0 Å². The number of aromatic nitrogens is 2. The Balaban J connectivity index is 1.37. The number of piperidine rings is 1. The zero-order valence-electron chi connectivity index (χ0n) is 15.5. The number of likely N-dealkylation sites (tertiary alicyclic amines) is 1. The number of para-hydroxylation sites is 1. The highest BCUT2D eigenvalue weighted by molar-refractivity contribution is 7.19. The smallest absolute Gasteiger partial charge is 0.246 e. The third-order valence-corrected chi connectivity index (χ3v) is 5.99. The Hall–Kier alpha value is -2.77. The molecule has 3 heterocycles. The van der Waals surface area contributed by atoms with Crippen molar-refractivity contribution in [2.24, 2.45) is 5.92 Å². The minimum atomic E-state index is -0.263. The summed E-state index contributed by atoms with van der Waals surface area (Å²) in [6.07, 6.45) is 6.30. The summed E-state index contributed by atoms with van der Waals surface area (Å²) in [6.45, 7) is 1.04. The van der Waals surface area contributed by atoms with Gasteiger partial charge in [-0.3, -0.25) is 9.59 Å². The number of halogens is 1. The first-order chi connectivity index (χ1) is 14.1. The average molecular weight is 427 g/mol. The van der Waals surface area contributed by atoms with Crippen LogP contribution in [0.15, 0.2) is 48.7 Å². The SMILES string of the molecule is O=C(Nc1ccc(Cl)cn1)C1CCCN(C(=O)/C=C/c2nc3ccccc3s2)C1. The lowest BCUT2D eigenvalue weighted by atomic mass is 9.97. The van der Waals surface area contributed by atoms with Gasteiger partial charge in [-0.2, -0.15) is 0 Å². The molecule has 1 aromatic carbocycles. The van der Waals surface area contributed by atoms with Gasteiger partial charge in [0, 0.05) is 25.4 Å². The minimum absolute atomic E-state index is 0.105. The maximum Gasteiger partial charge on any atom is 0.246 e. The third-order valence-electron chi connectivity index (χ3n) is 4.76. The number of nitrogens with one attached hydrogen (secondary N) is 1. The number of nitrogens with zero attached hydrogens (tertiary/aromatic N) is 3. The van der Waals surface area contributed by atoms with Crippen molar-refractivity contribution < 1.29 is 9.59 Å². The fraction of sp³-hybridized carbons (Fsp3) is 0.238. The fourth-order valence-corrected chi connectivity index (χ4v) is 4.26. The van der Waals surface area contributed by atoms with Gasteiger partial charge in [-0.25, -0.2) is 9.97 Å². The van der Waals surface area contributed by atoms with Crippen LogP contribution in [-0.2, 0) is 9.59 Å². The van der Waals surface area contributed by atoms with Crippen LogP contribution in [0.25, 0.3) is 16.3 Å². The highest BCUT2D eigenvalue weighted by Crippen LogP contribution is 2.23. The van der Waals surface area contributed by atoms with E-state index in [2.05, 4.69) is 15.3 Å². The number of amides is 2. The summed E-state index contributed by atoms with van der Waals surface area (Å²) in [5, 5.41) is 4.10. The molecule has 0 radical (unpaired) electrons. The van der Waals surface area contributed by atoms with E-state index < -0.39 is 0 Å². The van der Waals surface area contributed by atoms with E-state index in [4.69, 9.17) is 11.6 Å². The summed E-state index contributed by atoms with van der Waals surface area (Å²) in [7, 11) is 0. The highest BCUT2D eigenvalue weighted by atomic mass is 35.5. The second kappa shape index (κ2) is 8.71. The molecule has 29 heavy (non-hydrogen) atoms. The molecule has 1 aliphatic heterocycles. The molecule has 6 nitrogen and oxygen atoms in total. The number of benzene rings is 1. The largest absolute Gasteiger partial charge is 0.338 e. The monoisotopic (exact) mass is 426 g/mol. The Morgan fingerprint density at radius 3 is 2.90 bits per heavy atom. The molecule has 1 aliphatic rings. The molecule has 1 atom stereocenters. The molecular weight excluding hydrogens is 408 g/mol. The van der Waals surface area contributed by atoms with Gasteiger partial charge in [-0.15, -0.1) is 11.3 Å². The molecule has 1 saturated heterocycles. The first-order valence-corrected chi connectivity index (χ1v) is 10.5. The lowest BCUT2D eigenvalue weighted by Gasteiger charge is -2.31. The van der Waals surface area contributed by atoms with Crippen molar-refractivity contribution in [1.82, 2.24) is 14.9 Å². The molecule has 0 spiro atoms. The van der Waals surface area contributed by atoms with Crippen molar-refractivity contribution in [2.75, 3.05) is 18.4 Å². The molecule has 2 amide bonds. The number of carbonyl (C=O) groups is 2. The van der Waals surface area contributed by atoms with Crippen LogP contribution in [0, 0.1) is 5.92 Å². The summed E-state index contributed by atoms with van der Waals surface area (Å²) in [5.74, 6) is -0.0431. The predicted molar refractivity (Wildman–Crippen MR) is 116 cm³/mol. The van der Waals surface area contributed by atoms with Crippen LogP contribution in [0.5, 0.6) is 0 Å². The van der Waals surface area contributed by atoms with E-state index in [1.54, 1.807) is 40.5 Å². The van der Waals surface area contributed by atoms with E-state index >= 15 is 0 Å². The molecule has 0 bridgehead atoms. The van der Waals surface area contributed by atoms with Gasteiger partial charge in [-0.05, 0) is 43.2 Å². The van der Waals surface area contributed by atoms with E-state index in [0.29, 0.717) is 23.9 Å². The van der Waals surface area contributed by atoms with Crippen LogP contribution in [-0.4, -0.2) is 39.8 Å². The zero-order chi connectivity index (χ0) is 20.2. The molecule has 2 aromatic heterocycles. The van der Waals surface area contributed by atoms with Crippen LogP contribution in [0.1, 0.15) is 17.8 Å². The summed E-state index contributed by atoms with van der Waals surface area (Å²) >= 11 is 7.36. The van der Waals surface area contributed by atoms with E-state index in [1.807, 2.05) is 24.3 Å². The Bertz CT molecular complexity index is 1030. The maximum absolute atomic E-state index is 12.6. The van der Waals surface area contributed by atoms with Crippen molar-refractivity contribution in [3.8, 4) is 0 Å². The van der Waals surface area contributed by atoms with Crippen molar-refractivity contribution in [3.63, 3.8) is 0 Å². The molecule has 0 saturated carbocycles. The zero-order valence-corrected chi connectivity index (χ0v) is 17.1. The van der Waals surface area contributed by atoms with E-state index in [1.165, 1.54) is 6.20 Å². The second-order valence-electron chi connectivity index (χ2n) is 6.83. The normalized spacial score (nSPS) is 17.0. The summed E-state index contributed by atoms with van der Waals surface area (Å²) in [6, 6.07) is 11.2. The highest BCUT2D eigenvalue weighted by Gasteiger charge is 2.27. The molecular formula is C21H19ClN4O2S. The number of thiazole rings is 1. The summed E-state index contributed by atoms with van der Waals surface area (Å²) < 4.78 is 1.09. The summed E-state index contributed by atoms with van der Waals surface area (Å²) in [5.41, 5.74) is 0.926. The molecule has 1 unspecified atom stereocenters. The lowest BCUT2D eigenvalue weighted by Crippen LogP contribution is -2.43. The fourth-order valence-electron chi connectivity index (χ4n) is 3.28. The van der Waals surface area contributed by atoms with Gasteiger partial charge in [-0.1, -0.05) is 23.7 Å². The van der Waals surface area contributed by atoms with Crippen molar-refractivity contribution in [1.29, 1.82) is 0 Å². The number of pyridine rings is 1. The van der Waals surface area contributed by atoms with Crippen molar-refractivity contribution >= 4 is 56.9 Å². The van der Waals surface area contributed by atoms with Crippen molar-refractivity contribution in [2.45, 2.75) is 12.8 Å². The second-order valence-corrected chi connectivity index (χ2v) is 8.33. The molecule has 0 aliphatic carbocycles. The Kier molecular flexibility index (Phi) is 5.87. The molecule has 4 rings (SSSR count). The quantitative estimate of drug-likeness (QED) is 0.633. The van der Waals surface area contributed by atoms with Crippen molar-refractivity contribution in [3.05, 3.63) is 58.7 Å². The molecule has 1 N–H and O–H groups in total. The van der Waals surface area contributed by atoms with E-state index in [9.17, 15) is 9.59 Å². The number of rotatable bonds is 4. The molecule has 1 fully saturated rings. The van der Waals surface area contributed by atoms with Crippen LogP contribution in [0.4, 0.5) is 5.82 Å². The number of fused-ring (bicyclic) bond motifs is 1. The van der Waals surface area contributed by atoms with Crippen LogP contribution >= 0.6 is 22.9 Å². The standard InChI is InChI=1S/C21H19ClN4O2S/c22-15-7-8-18(23-12-15)25-21(28)14-4-3-11-26(13-14)20(27)10-9-19-24-16-5-1-2-6-17(16)29-19/h1-2,5-10,12,14H,3-4,11,13H2,(H,23,25,28)/b10-9+. The van der Waals surface area contributed by atoms with Gasteiger partial charge >= 0.3 is 0 Å². The van der Waals surface area contributed by atoms with Gasteiger partial charge in [0.05, 0.1) is 21.2 Å². The Morgan fingerprint density at radius 2 is 2.10 bits per heavy atom. The molecule has 3 aromatic rings. The number of hydrogen-bond donors (Lipinski definition) is 1. The number of anilines is 1. The summed E-state index contributed by atoms with van der Waals surface area (Å²) in [4.78, 5) is 35.5. The first kappa shape index (κ1) is 19.5. The lowest BCUT2D eigenvalue weighted by molar-refractivity contribution is -0.130. The number of hydrogen-bond acceptors (Lipinski definition) is 5. The van der Waals surface area contributed by atoms with Gasteiger partial charge < -0.3 is 10.2 Å². The van der Waals surface area contributed by atoms with Gasteiger partial charge in [0.25, 0.3) is 0 Å². The predicted octanol–water partition coefficient (Wildman–Crippen LogP) is 4.24. The Morgan fingerprint density at radius 1 is 1.24 bits per heavy atom. The van der Waals surface area contributed by atoms with Crippen LogP contribution in [0.2, 0.25) is 5.02 Å². The topological polar surface area (TPSA) is 75.2 Å². The molecule has 8 heteroatoms. The number of carbonyl (C=O) groups excluding carboxylic acids is 2.